The van der Waals surface area contributed by atoms with Crippen LogP contribution in [0.5, 0.6) is 0 Å². The van der Waals surface area contributed by atoms with Gasteiger partial charge in [-0.1, -0.05) is 22.0 Å². The van der Waals surface area contributed by atoms with Gasteiger partial charge in [-0.25, -0.2) is 9.18 Å². The summed E-state index contributed by atoms with van der Waals surface area (Å²) in [5, 5.41) is 2.39. The summed E-state index contributed by atoms with van der Waals surface area (Å²) in [7, 11) is 0. The van der Waals surface area contributed by atoms with Crippen LogP contribution in [0.15, 0.2) is 22.7 Å². The third kappa shape index (κ3) is 7.22. The molecule has 0 aliphatic heterocycles. The zero-order valence-corrected chi connectivity index (χ0v) is 13.9. The van der Waals surface area contributed by atoms with Gasteiger partial charge in [0.15, 0.2) is 5.78 Å². The zero-order chi connectivity index (χ0) is 16.0. The fourth-order valence-corrected chi connectivity index (χ4v) is 1.90. The van der Waals surface area contributed by atoms with Crippen LogP contribution in [-0.4, -0.2) is 24.0 Å². The molecule has 6 heteroatoms. The van der Waals surface area contributed by atoms with E-state index in [4.69, 9.17) is 4.74 Å². The first-order chi connectivity index (χ1) is 9.67. The molecule has 21 heavy (non-hydrogen) atoms. The predicted octanol–water partition coefficient (Wildman–Crippen LogP) is 3.61. The van der Waals surface area contributed by atoms with Crippen molar-refractivity contribution in [1.29, 1.82) is 0 Å². The van der Waals surface area contributed by atoms with Gasteiger partial charge < -0.3 is 10.1 Å². The van der Waals surface area contributed by atoms with Crippen LogP contribution in [0.4, 0.5) is 9.18 Å². The Labute approximate surface area is 132 Å². The monoisotopic (exact) mass is 359 g/mol. The molecule has 0 aromatic heterocycles. The largest absolute Gasteiger partial charge is 0.444 e. The molecular weight excluding hydrogens is 341 g/mol. The summed E-state index contributed by atoms with van der Waals surface area (Å²) in [5.41, 5.74) is -0.128. The van der Waals surface area contributed by atoms with Crippen LogP contribution < -0.4 is 5.32 Å². The van der Waals surface area contributed by atoms with Gasteiger partial charge in [0.25, 0.3) is 0 Å². The number of hydrogen-bond donors (Lipinski definition) is 1. The third-order valence-corrected chi connectivity index (χ3v) is 3.01. The van der Waals surface area contributed by atoms with Gasteiger partial charge in [-0.3, -0.25) is 4.79 Å². The summed E-state index contributed by atoms with van der Waals surface area (Å²) >= 11 is 3.17. The number of carbonyl (C=O) groups excluding carboxylic acids is 2. The van der Waals surface area contributed by atoms with Crippen molar-refractivity contribution in [3.63, 3.8) is 0 Å². The Hall–Kier alpha value is -1.43. The molecule has 0 bridgehead atoms. The number of benzene rings is 1. The minimum Gasteiger partial charge on any atom is -0.444 e. The highest BCUT2D eigenvalue weighted by atomic mass is 79.9. The van der Waals surface area contributed by atoms with Crippen molar-refractivity contribution in [2.24, 2.45) is 0 Å². The number of ether oxygens (including phenoxy) is 1. The Morgan fingerprint density at radius 3 is 2.57 bits per heavy atom. The minimum absolute atomic E-state index is 0.118. The number of aryl methyl sites for hydroxylation is 1. The normalized spacial score (nSPS) is 11.1. The number of amides is 1. The number of rotatable bonds is 5. The molecule has 0 aliphatic rings. The standard InChI is InChI=1S/C15H19BrFNO3/c1-15(2,3)21-14(20)18-9-12(19)7-5-10-4-6-11(16)8-13(10)17/h4,6,8H,5,7,9H2,1-3H3,(H,18,20). The van der Waals surface area contributed by atoms with E-state index in [2.05, 4.69) is 21.2 Å². The summed E-state index contributed by atoms with van der Waals surface area (Å²) in [5.74, 6) is -0.527. The molecule has 116 valence electrons. The Morgan fingerprint density at radius 2 is 2.00 bits per heavy atom. The fourth-order valence-electron chi connectivity index (χ4n) is 1.57. The summed E-state index contributed by atoms with van der Waals surface area (Å²) in [6, 6.07) is 4.72. The first kappa shape index (κ1) is 17.6. The molecule has 1 aromatic carbocycles. The molecule has 1 aromatic rings. The fraction of sp³-hybridized carbons (Fsp3) is 0.467. The van der Waals surface area contributed by atoms with E-state index in [9.17, 15) is 14.0 Å². The van der Waals surface area contributed by atoms with Crippen molar-refractivity contribution in [3.8, 4) is 0 Å². The number of nitrogens with one attached hydrogen (secondary N) is 1. The Balaban J connectivity index is 2.36. The van der Waals surface area contributed by atoms with Crippen molar-refractivity contribution in [1.82, 2.24) is 5.32 Å². The molecule has 0 heterocycles. The molecule has 0 fully saturated rings. The quantitative estimate of drug-likeness (QED) is 0.873. The second-order valence-corrected chi connectivity index (χ2v) is 6.55. The van der Waals surface area contributed by atoms with Crippen molar-refractivity contribution >= 4 is 27.8 Å². The Kier molecular flexibility index (Phi) is 6.33. The highest BCUT2D eigenvalue weighted by Gasteiger charge is 2.16. The van der Waals surface area contributed by atoms with Crippen molar-refractivity contribution in [3.05, 3.63) is 34.1 Å². The maximum atomic E-state index is 13.6. The lowest BCUT2D eigenvalue weighted by molar-refractivity contribution is -0.118. The lowest BCUT2D eigenvalue weighted by atomic mass is 10.1. The first-order valence-electron chi connectivity index (χ1n) is 6.60. The highest BCUT2D eigenvalue weighted by molar-refractivity contribution is 9.10. The Bertz CT molecular complexity index is 526. The molecule has 0 atom stereocenters. The lowest BCUT2D eigenvalue weighted by Crippen LogP contribution is -2.35. The van der Waals surface area contributed by atoms with Gasteiger partial charge in [0.1, 0.15) is 11.4 Å². The number of halogens is 2. The van der Waals surface area contributed by atoms with Gasteiger partial charge in [-0.05, 0) is 44.9 Å². The molecular formula is C15H19BrFNO3. The van der Waals surface area contributed by atoms with Gasteiger partial charge in [0.05, 0.1) is 6.54 Å². The average Bonchev–Trinajstić information content (AvgIpc) is 2.33. The highest BCUT2D eigenvalue weighted by Crippen LogP contribution is 2.16. The zero-order valence-electron chi connectivity index (χ0n) is 12.3. The SMILES string of the molecule is CC(C)(C)OC(=O)NCC(=O)CCc1ccc(Br)cc1F. The second kappa shape index (κ2) is 7.54. The maximum absolute atomic E-state index is 13.6. The van der Waals surface area contributed by atoms with E-state index in [-0.39, 0.29) is 24.6 Å². The number of carbonyl (C=O) groups is 2. The van der Waals surface area contributed by atoms with Gasteiger partial charge in [0.2, 0.25) is 0 Å². The molecule has 4 nitrogen and oxygen atoms in total. The van der Waals surface area contributed by atoms with E-state index in [0.29, 0.717) is 16.5 Å². The maximum Gasteiger partial charge on any atom is 0.408 e. The smallest absolute Gasteiger partial charge is 0.408 e. The van der Waals surface area contributed by atoms with Gasteiger partial charge in [-0.2, -0.15) is 0 Å². The molecule has 0 unspecified atom stereocenters. The van der Waals surface area contributed by atoms with Crippen LogP contribution >= 0.6 is 15.9 Å². The van der Waals surface area contributed by atoms with Crippen LogP contribution in [0.25, 0.3) is 0 Å². The minimum atomic E-state index is -0.634. The van der Waals surface area contributed by atoms with E-state index >= 15 is 0 Å². The van der Waals surface area contributed by atoms with Crippen molar-refractivity contribution in [2.45, 2.75) is 39.2 Å². The second-order valence-electron chi connectivity index (χ2n) is 5.63. The van der Waals surface area contributed by atoms with E-state index in [1.807, 2.05) is 0 Å². The van der Waals surface area contributed by atoms with Crippen LogP contribution in [0.2, 0.25) is 0 Å². The number of alkyl carbamates (subject to hydrolysis) is 1. The molecule has 1 N–H and O–H groups in total. The van der Waals surface area contributed by atoms with E-state index in [1.165, 1.54) is 6.07 Å². The van der Waals surface area contributed by atoms with E-state index in [0.717, 1.165) is 0 Å². The van der Waals surface area contributed by atoms with Gasteiger partial charge >= 0.3 is 6.09 Å². The van der Waals surface area contributed by atoms with Crippen molar-refractivity contribution in [2.75, 3.05) is 6.54 Å². The van der Waals surface area contributed by atoms with Crippen molar-refractivity contribution < 1.29 is 18.7 Å². The predicted molar refractivity (Wildman–Crippen MR) is 81.7 cm³/mol. The first-order valence-corrected chi connectivity index (χ1v) is 7.39. The number of hydrogen-bond acceptors (Lipinski definition) is 3. The van der Waals surface area contributed by atoms with Crippen LogP contribution in [-0.2, 0) is 16.0 Å². The van der Waals surface area contributed by atoms with Gasteiger partial charge in [-0.15, -0.1) is 0 Å². The summed E-state index contributed by atoms with van der Waals surface area (Å²) < 4.78 is 19.2. The average molecular weight is 360 g/mol. The Morgan fingerprint density at radius 1 is 1.33 bits per heavy atom. The molecule has 0 aliphatic carbocycles. The van der Waals surface area contributed by atoms with E-state index in [1.54, 1.807) is 32.9 Å². The lowest BCUT2D eigenvalue weighted by Gasteiger charge is -2.19. The summed E-state index contributed by atoms with van der Waals surface area (Å²) in [6.45, 7) is 5.10. The molecule has 0 spiro atoms. The van der Waals surface area contributed by atoms with Crippen LogP contribution in [0, 0.1) is 5.82 Å². The topological polar surface area (TPSA) is 55.4 Å². The number of Topliss-reactive ketones (excluding diaryl/α,β-unsaturated/α-hetero) is 1. The van der Waals surface area contributed by atoms with Gasteiger partial charge in [0, 0.05) is 10.9 Å². The molecule has 0 saturated heterocycles. The third-order valence-electron chi connectivity index (χ3n) is 2.52. The van der Waals surface area contributed by atoms with Crippen LogP contribution in [0.3, 0.4) is 0 Å². The van der Waals surface area contributed by atoms with Crippen LogP contribution in [0.1, 0.15) is 32.8 Å². The summed E-state index contributed by atoms with van der Waals surface area (Å²) in [6.07, 6.45) is -0.173. The number of ketones is 1. The molecule has 0 radical (unpaired) electrons. The van der Waals surface area contributed by atoms with E-state index < -0.39 is 11.7 Å². The summed E-state index contributed by atoms with van der Waals surface area (Å²) in [4.78, 5) is 23.0. The molecule has 1 amide bonds. The molecule has 1 rings (SSSR count). The molecule has 0 saturated carbocycles.